The van der Waals surface area contributed by atoms with Crippen LogP contribution >= 0.6 is 0 Å². The van der Waals surface area contributed by atoms with E-state index in [-0.39, 0.29) is 12.5 Å². The molecule has 0 bridgehead atoms. The number of hydrogen-bond donors (Lipinski definition) is 2. The molecule has 0 fully saturated rings. The molecule has 1 atom stereocenters. The van der Waals surface area contributed by atoms with Crippen molar-refractivity contribution in [3.8, 4) is 11.5 Å². The zero-order chi connectivity index (χ0) is 17.8. The summed E-state index contributed by atoms with van der Waals surface area (Å²) in [5.41, 5.74) is 3.04. The van der Waals surface area contributed by atoms with E-state index in [1.165, 1.54) is 0 Å². The van der Waals surface area contributed by atoms with E-state index < -0.39 is 6.10 Å². The van der Waals surface area contributed by atoms with Crippen LogP contribution in [0.15, 0.2) is 53.1 Å². The number of carbonyl (C=O) groups is 1. The Bertz CT molecular complexity index is 872. The molecule has 0 aliphatic heterocycles. The number of aliphatic hydroxyl groups excluding tert-OH is 1. The van der Waals surface area contributed by atoms with E-state index in [9.17, 15) is 9.90 Å². The fourth-order valence-electron chi connectivity index (χ4n) is 2.54. The maximum absolute atomic E-state index is 12.2. The van der Waals surface area contributed by atoms with Gasteiger partial charge in [0.1, 0.15) is 0 Å². The van der Waals surface area contributed by atoms with Gasteiger partial charge in [0.25, 0.3) is 11.8 Å². The minimum Gasteiger partial charge on any atom is -0.387 e. The van der Waals surface area contributed by atoms with Crippen LogP contribution in [0.25, 0.3) is 11.5 Å². The summed E-state index contributed by atoms with van der Waals surface area (Å²) in [6, 6.07) is 14.4. The first-order valence-electron chi connectivity index (χ1n) is 7.97. The van der Waals surface area contributed by atoms with Gasteiger partial charge in [-0.2, -0.15) is 4.98 Å². The number of hydrogen-bond acceptors (Lipinski definition) is 5. The molecule has 0 radical (unpaired) electrons. The molecule has 6 nitrogen and oxygen atoms in total. The van der Waals surface area contributed by atoms with Crippen LogP contribution in [0.2, 0.25) is 0 Å². The molecule has 0 aliphatic rings. The summed E-state index contributed by atoms with van der Waals surface area (Å²) in [6.45, 7) is 3.82. The van der Waals surface area contributed by atoms with E-state index in [1.54, 1.807) is 31.2 Å². The van der Waals surface area contributed by atoms with Gasteiger partial charge < -0.3 is 14.9 Å². The summed E-state index contributed by atoms with van der Waals surface area (Å²) in [5, 5.41) is 16.7. The average Bonchev–Trinajstić information content (AvgIpc) is 3.06. The largest absolute Gasteiger partial charge is 0.387 e. The summed E-state index contributed by atoms with van der Waals surface area (Å²) >= 11 is 0. The second-order valence-corrected chi connectivity index (χ2v) is 5.81. The third-order valence-electron chi connectivity index (χ3n) is 3.93. The lowest BCUT2D eigenvalue weighted by molar-refractivity contribution is 0.0916. The van der Waals surface area contributed by atoms with Crippen molar-refractivity contribution < 1.29 is 14.4 Å². The SMILES string of the molecule is Cc1noc(-c2ccc(C(=O)NCC(O)c3ccccc3C)cc2)n1. The van der Waals surface area contributed by atoms with Crippen LogP contribution < -0.4 is 5.32 Å². The quantitative estimate of drug-likeness (QED) is 0.747. The van der Waals surface area contributed by atoms with Gasteiger partial charge in [-0.25, -0.2) is 0 Å². The number of amides is 1. The van der Waals surface area contributed by atoms with Crippen molar-refractivity contribution in [3.63, 3.8) is 0 Å². The normalized spacial score (nSPS) is 12.0. The molecular formula is C19H19N3O3. The minimum atomic E-state index is -0.745. The molecular weight excluding hydrogens is 318 g/mol. The van der Waals surface area contributed by atoms with Gasteiger partial charge in [-0.3, -0.25) is 4.79 Å². The first-order chi connectivity index (χ1) is 12.0. The Labute approximate surface area is 145 Å². The fourth-order valence-corrected chi connectivity index (χ4v) is 2.54. The molecule has 6 heteroatoms. The Hall–Kier alpha value is -2.99. The lowest BCUT2D eigenvalue weighted by Gasteiger charge is -2.14. The first kappa shape index (κ1) is 16.9. The van der Waals surface area contributed by atoms with Gasteiger partial charge in [-0.05, 0) is 49.2 Å². The molecule has 0 saturated heterocycles. The number of benzene rings is 2. The highest BCUT2D eigenvalue weighted by molar-refractivity contribution is 5.94. The van der Waals surface area contributed by atoms with E-state index in [0.29, 0.717) is 17.3 Å². The highest BCUT2D eigenvalue weighted by atomic mass is 16.5. The highest BCUT2D eigenvalue weighted by Gasteiger charge is 2.13. The highest BCUT2D eigenvalue weighted by Crippen LogP contribution is 2.18. The third-order valence-corrected chi connectivity index (χ3v) is 3.93. The van der Waals surface area contributed by atoms with Crippen molar-refractivity contribution in [1.29, 1.82) is 0 Å². The second kappa shape index (κ2) is 7.27. The maximum Gasteiger partial charge on any atom is 0.257 e. The molecule has 2 N–H and O–H groups in total. The van der Waals surface area contributed by atoms with E-state index in [2.05, 4.69) is 15.5 Å². The van der Waals surface area contributed by atoms with Crippen LogP contribution in [0.4, 0.5) is 0 Å². The zero-order valence-corrected chi connectivity index (χ0v) is 14.1. The van der Waals surface area contributed by atoms with Crippen molar-refractivity contribution in [2.75, 3.05) is 6.54 Å². The number of aryl methyl sites for hydroxylation is 2. The summed E-state index contributed by atoms with van der Waals surface area (Å²) < 4.78 is 5.10. The smallest absolute Gasteiger partial charge is 0.257 e. The van der Waals surface area contributed by atoms with Crippen LogP contribution in [0.3, 0.4) is 0 Å². The van der Waals surface area contributed by atoms with Crippen LogP contribution in [-0.2, 0) is 0 Å². The van der Waals surface area contributed by atoms with Crippen LogP contribution in [0.1, 0.15) is 33.4 Å². The molecule has 0 spiro atoms. The molecule has 1 amide bonds. The predicted molar refractivity (Wildman–Crippen MR) is 92.9 cm³/mol. The Morgan fingerprint density at radius 1 is 1.16 bits per heavy atom. The molecule has 3 aromatic rings. The van der Waals surface area contributed by atoms with Crippen molar-refractivity contribution in [3.05, 3.63) is 71.0 Å². The molecule has 128 valence electrons. The molecule has 25 heavy (non-hydrogen) atoms. The summed E-state index contributed by atoms with van der Waals surface area (Å²) in [5.74, 6) is 0.724. The van der Waals surface area contributed by atoms with Gasteiger partial charge in [0.05, 0.1) is 6.10 Å². The number of aliphatic hydroxyl groups is 1. The average molecular weight is 337 g/mol. The molecule has 0 aliphatic carbocycles. The van der Waals surface area contributed by atoms with E-state index in [4.69, 9.17) is 4.52 Å². The predicted octanol–water partition coefficient (Wildman–Crippen LogP) is 2.82. The minimum absolute atomic E-state index is 0.147. The fraction of sp³-hybridized carbons (Fsp3) is 0.211. The van der Waals surface area contributed by atoms with E-state index in [0.717, 1.165) is 16.7 Å². The van der Waals surface area contributed by atoms with E-state index >= 15 is 0 Å². The first-order valence-corrected chi connectivity index (χ1v) is 7.97. The third kappa shape index (κ3) is 3.92. The Morgan fingerprint density at radius 2 is 1.88 bits per heavy atom. The number of aromatic nitrogens is 2. The molecule has 1 heterocycles. The monoisotopic (exact) mass is 337 g/mol. The number of carbonyl (C=O) groups excluding carboxylic acids is 1. The molecule has 1 aromatic heterocycles. The molecule has 1 unspecified atom stereocenters. The van der Waals surface area contributed by atoms with Crippen molar-refractivity contribution >= 4 is 5.91 Å². The Morgan fingerprint density at radius 3 is 2.52 bits per heavy atom. The second-order valence-electron chi connectivity index (χ2n) is 5.81. The zero-order valence-electron chi connectivity index (χ0n) is 14.1. The van der Waals surface area contributed by atoms with Crippen LogP contribution in [-0.4, -0.2) is 27.7 Å². The number of rotatable bonds is 5. The standard InChI is InChI=1S/C19H19N3O3/c1-12-5-3-4-6-16(12)17(23)11-20-18(24)14-7-9-15(10-8-14)19-21-13(2)22-25-19/h3-10,17,23H,11H2,1-2H3,(H,20,24). The number of nitrogens with zero attached hydrogens (tertiary/aromatic N) is 2. The van der Waals surface area contributed by atoms with Gasteiger partial charge in [0.15, 0.2) is 5.82 Å². The molecule has 2 aromatic carbocycles. The maximum atomic E-state index is 12.2. The van der Waals surface area contributed by atoms with Crippen LogP contribution in [0, 0.1) is 13.8 Å². The molecule has 0 saturated carbocycles. The lowest BCUT2D eigenvalue weighted by atomic mass is 10.0. The summed E-state index contributed by atoms with van der Waals surface area (Å²) in [6.07, 6.45) is -0.745. The number of nitrogens with one attached hydrogen (secondary N) is 1. The van der Waals surface area contributed by atoms with Crippen LogP contribution in [0.5, 0.6) is 0 Å². The summed E-state index contributed by atoms with van der Waals surface area (Å²) in [7, 11) is 0. The van der Waals surface area contributed by atoms with Crippen molar-refractivity contribution in [2.24, 2.45) is 0 Å². The lowest BCUT2D eigenvalue weighted by Crippen LogP contribution is -2.28. The van der Waals surface area contributed by atoms with E-state index in [1.807, 2.05) is 31.2 Å². The van der Waals surface area contributed by atoms with Gasteiger partial charge in [-0.1, -0.05) is 29.4 Å². The van der Waals surface area contributed by atoms with Gasteiger partial charge in [-0.15, -0.1) is 0 Å². The van der Waals surface area contributed by atoms with Crippen molar-refractivity contribution in [2.45, 2.75) is 20.0 Å². The van der Waals surface area contributed by atoms with Gasteiger partial charge in [0.2, 0.25) is 0 Å². The topological polar surface area (TPSA) is 88.2 Å². The van der Waals surface area contributed by atoms with Crippen molar-refractivity contribution in [1.82, 2.24) is 15.5 Å². The Balaban J connectivity index is 1.62. The van der Waals surface area contributed by atoms with Gasteiger partial charge in [0, 0.05) is 17.7 Å². The van der Waals surface area contributed by atoms with Gasteiger partial charge >= 0.3 is 0 Å². The molecule has 3 rings (SSSR count). The summed E-state index contributed by atoms with van der Waals surface area (Å²) in [4.78, 5) is 16.4. The Kier molecular flexibility index (Phi) is 4.90.